The molecular weight excluding hydrogens is 420 g/mol. The van der Waals surface area contributed by atoms with Crippen LogP contribution >= 0.6 is 23.4 Å². The van der Waals surface area contributed by atoms with Gasteiger partial charge in [-0.05, 0) is 36.4 Å². The third kappa shape index (κ3) is 4.27. The predicted molar refractivity (Wildman–Crippen MR) is 119 cm³/mol. The minimum atomic E-state index is 0.523. The maximum absolute atomic E-state index is 5.95. The summed E-state index contributed by atoms with van der Waals surface area (Å²) in [5.41, 5.74) is 1.80. The number of benzene rings is 2. The minimum absolute atomic E-state index is 0.523. The molecule has 2 aromatic carbocycles. The Morgan fingerprint density at radius 1 is 1.17 bits per heavy atom. The number of para-hydroxylation sites is 1. The number of nitrogens with zero attached hydrogens (tertiary/aromatic N) is 4. The Balaban J connectivity index is 1.55. The fraction of sp³-hybridized carbons (Fsp3) is 0.136. The van der Waals surface area contributed by atoms with Crippen LogP contribution in [0.5, 0.6) is 5.75 Å². The van der Waals surface area contributed by atoms with Crippen LogP contribution in [0.15, 0.2) is 77.0 Å². The normalized spacial score (nSPS) is 10.9. The number of oxazole rings is 1. The van der Waals surface area contributed by atoms with Gasteiger partial charge in [-0.15, -0.1) is 16.8 Å². The molecule has 0 N–H and O–H groups in total. The van der Waals surface area contributed by atoms with E-state index in [4.69, 9.17) is 20.8 Å². The summed E-state index contributed by atoms with van der Waals surface area (Å²) in [6.45, 7) is 4.43. The number of allylic oxidation sites excluding steroid dienone is 1. The zero-order valence-electron chi connectivity index (χ0n) is 16.3. The van der Waals surface area contributed by atoms with E-state index < -0.39 is 0 Å². The van der Waals surface area contributed by atoms with Gasteiger partial charge in [0.2, 0.25) is 5.89 Å². The molecule has 4 aromatic rings. The quantitative estimate of drug-likeness (QED) is 0.258. The van der Waals surface area contributed by atoms with Crippen LogP contribution in [0.1, 0.15) is 5.89 Å². The molecule has 30 heavy (non-hydrogen) atoms. The van der Waals surface area contributed by atoms with Gasteiger partial charge >= 0.3 is 0 Å². The van der Waals surface area contributed by atoms with Crippen LogP contribution in [0, 0.1) is 0 Å². The van der Waals surface area contributed by atoms with Gasteiger partial charge in [0.05, 0.1) is 24.6 Å². The van der Waals surface area contributed by atoms with Crippen LogP contribution in [-0.2, 0) is 12.3 Å². The summed E-state index contributed by atoms with van der Waals surface area (Å²) < 4.78 is 13.4. The molecule has 2 heterocycles. The predicted octanol–water partition coefficient (Wildman–Crippen LogP) is 5.74. The van der Waals surface area contributed by atoms with Gasteiger partial charge in [-0.25, -0.2) is 4.98 Å². The van der Waals surface area contributed by atoms with Crippen molar-refractivity contribution < 1.29 is 9.15 Å². The highest BCUT2D eigenvalue weighted by Crippen LogP contribution is 2.32. The second kappa shape index (κ2) is 9.19. The number of thioether (sulfide) groups is 1. The lowest BCUT2D eigenvalue weighted by Crippen LogP contribution is -2.01. The van der Waals surface area contributed by atoms with Crippen molar-refractivity contribution >= 4 is 23.4 Å². The summed E-state index contributed by atoms with van der Waals surface area (Å²) in [7, 11) is 1.64. The molecule has 0 atom stereocenters. The van der Waals surface area contributed by atoms with Gasteiger partial charge in [-0.3, -0.25) is 4.57 Å². The number of ether oxygens (including phenoxy) is 1. The first-order valence-corrected chi connectivity index (χ1v) is 10.6. The first-order valence-electron chi connectivity index (χ1n) is 9.20. The molecule has 8 heteroatoms. The van der Waals surface area contributed by atoms with Crippen LogP contribution in [-0.4, -0.2) is 26.9 Å². The standard InChI is InChI=1S/C22H19ClN4O2S/c1-3-12-27-21(17-6-4-5-7-18(17)28-2)25-26-22(27)30-14-20-24-13-19(29-20)15-8-10-16(23)11-9-15/h3-11,13H,1,12,14H2,2H3. The van der Waals surface area contributed by atoms with E-state index in [-0.39, 0.29) is 0 Å². The highest BCUT2D eigenvalue weighted by molar-refractivity contribution is 7.98. The fourth-order valence-electron chi connectivity index (χ4n) is 2.97. The Hall–Kier alpha value is -3.03. The molecule has 0 aliphatic heterocycles. The van der Waals surface area contributed by atoms with E-state index in [9.17, 15) is 0 Å². The van der Waals surface area contributed by atoms with E-state index in [0.717, 1.165) is 27.9 Å². The summed E-state index contributed by atoms with van der Waals surface area (Å²) in [6.07, 6.45) is 3.53. The molecule has 0 aliphatic rings. The zero-order chi connectivity index (χ0) is 20.9. The Kier molecular flexibility index (Phi) is 6.21. The van der Waals surface area contributed by atoms with Crippen LogP contribution in [0.3, 0.4) is 0 Å². The molecule has 152 valence electrons. The first-order chi connectivity index (χ1) is 14.7. The monoisotopic (exact) mass is 438 g/mol. The van der Waals surface area contributed by atoms with Crippen molar-refractivity contribution in [3.05, 3.63) is 78.3 Å². The van der Waals surface area contributed by atoms with Crippen LogP contribution in [0.2, 0.25) is 5.02 Å². The third-order valence-electron chi connectivity index (χ3n) is 4.38. The van der Waals surface area contributed by atoms with Gasteiger partial charge in [0.25, 0.3) is 0 Å². The summed E-state index contributed by atoms with van der Waals surface area (Å²) in [4.78, 5) is 4.38. The number of aromatic nitrogens is 4. The van der Waals surface area contributed by atoms with Crippen LogP contribution in [0.25, 0.3) is 22.7 Å². The average Bonchev–Trinajstić information content (AvgIpc) is 3.40. The Bertz CT molecular complexity index is 1150. The average molecular weight is 439 g/mol. The molecule has 0 amide bonds. The number of methoxy groups -OCH3 is 1. The summed E-state index contributed by atoms with van der Waals surface area (Å²) in [5, 5.41) is 10.2. The third-order valence-corrected chi connectivity index (χ3v) is 5.59. The van der Waals surface area contributed by atoms with E-state index in [0.29, 0.717) is 29.0 Å². The first kappa shape index (κ1) is 20.3. The second-order valence-corrected chi connectivity index (χ2v) is 7.70. The molecular formula is C22H19ClN4O2S. The van der Waals surface area contributed by atoms with Crippen LogP contribution < -0.4 is 4.74 Å². The van der Waals surface area contributed by atoms with Gasteiger partial charge in [0.15, 0.2) is 16.7 Å². The topological polar surface area (TPSA) is 66.0 Å². The van der Waals surface area contributed by atoms with E-state index in [1.165, 1.54) is 11.8 Å². The smallest absolute Gasteiger partial charge is 0.205 e. The molecule has 0 unspecified atom stereocenters. The van der Waals surface area contributed by atoms with E-state index >= 15 is 0 Å². The van der Waals surface area contributed by atoms with Gasteiger partial charge in [-0.1, -0.05) is 41.6 Å². The van der Waals surface area contributed by atoms with Crippen LogP contribution in [0.4, 0.5) is 0 Å². The number of hydrogen-bond donors (Lipinski definition) is 0. The van der Waals surface area contributed by atoms with E-state index in [1.807, 2.05) is 59.2 Å². The van der Waals surface area contributed by atoms with Crippen molar-refractivity contribution in [2.75, 3.05) is 7.11 Å². The van der Waals surface area contributed by atoms with Crippen molar-refractivity contribution in [1.29, 1.82) is 0 Å². The largest absolute Gasteiger partial charge is 0.496 e. The van der Waals surface area contributed by atoms with Gasteiger partial charge in [0.1, 0.15) is 5.75 Å². The summed E-state index contributed by atoms with van der Waals surface area (Å²) >= 11 is 7.45. The Labute approximate surface area is 183 Å². The highest BCUT2D eigenvalue weighted by Gasteiger charge is 2.17. The summed E-state index contributed by atoms with van der Waals surface area (Å²) in [5.74, 6) is 3.30. The fourth-order valence-corrected chi connectivity index (χ4v) is 3.90. The van der Waals surface area contributed by atoms with Gasteiger partial charge < -0.3 is 9.15 Å². The molecule has 0 saturated carbocycles. The van der Waals surface area contributed by atoms with E-state index in [2.05, 4.69) is 21.8 Å². The van der Waals surface area contributed by atoms with Crippen molar-refractivity contribution in [1.82, 2.24) is 19.7 Å². The van der Waals surface area contributed by atoms with Crippen molar-refractivity contribution in [3.63, 3.8) is 0 Å². The lowest BCUT2D eigenvalue weighted by molar-refractivity contribution is 0.416. The molecule has 0 aliphatic carbocycles. The Morgan fingerprint density at radius 3 is 2.73 bits per heavy atom. The minimum Gasteiger partial charge on any atom is -0.496 e. The lowest BCUT2D eigenvalue weighted by Gasteiger charge is -2.10. The van der Waals surface area contributed by atoms with Crippen molar-refractivity contribution in [2.45, 2.75) is 17.5 Å². The lowest BCUT2D eigenvalue weighted by atomic mass is 10.2. The number of rotatable bonds is 8. The molecule has 0 bridgehead atoms. The molecule has 6 nitrogen and oxygen atoms in total. The van der Waals surface area contributed by atoms with Crippen molar-refractivity contribution in [2.24, 2.45) is 0 Å². The molecule has 0 spiro atoms. The molecule has 0 saturated heterocycles. The molecule has 0 radical (unpaired) electrons. The summed E-state index contributed by atoms with van der Waals surface area (Å²) in [6, 6.07) is 15.2. The molecule has 4 rings (SSSR count). The molecule has 2 aromatic heterocycles. The maximum atomic E-state index is 5.95. The van der Waals surface area contributed by atoms with Gasteiger partial charge in [-0.2, -0.15) is 0 Å². The Morgan fingerprint density at radius 2 is 1.97 bits per heavy atom. The number of halogens is 1. The maximum Gasteiger partial charge on any atom is 0.205 e. The second-order valence-electron chi connectivity index (χ2n) is 6.32. The highest BCUT2D eigenvalue weighted by atomic mass is 35.5. The van der Waals surface area contributed by atoms with Gasteiger partial charge in [0, 0.05) is 17.1 Å². The SMILES string of the molecule is C=CCn1c(SCc2ncc(-c3ccc(Cl)cc3)o2)nnc1-c1ccccc1OC. The van der Waals surface area contributed by atoms with E-state index in [1.54, 1.807) is 13.3 Å². The van der Waals surface area contributed by atoms with Crippen molar-refractivity contribution in [3.8, 4) is 28.5 Å². The zero-order valence-corrected chi connectivity index (χ0v) is 17.9. The molecule has 0 fully saturated rings. The number of hydrogen-bond acceptors (Lipinski definition) is 6.